The Labute approximate surface area is 113 Å². The Hall–Kier alpha value is -1.06. The van der Waals surface area contributed by atoms with Gasteiger partial charge in [-0.05, 0) is 37.0 Å². The molecule has 2 unspecified atom stereocenters. The van der Waals surface area contributed by atoms with Crippen LogP contribution in [0, 0.1) is 5.92 Å². The maximum absolute atomic E-state index is 12.0. The highest BCUT2D eigenvalue weighted by molar-refractivity contribution is 6.30. The molecular weight excluding hydrogens is 248 g/mol. The summed E-state index contributed by atoms with van der Waals surface area (Å²) in [6, 6.07) is 7.70. The second-order valence-electron chi connectivity index (χ2n) is 4.97. The van der Waals surface area contributed by atoms with E-state index in [9.17, 15) is 4.79 Å². The fourth-order valence-corrected chi connectivity index (χ4v) is 2.53. The van der Waals surface area contributed by atoms with Crippen LogP contribution in [0.25, 0.3) is 0 Å². The molecule has 3 nitrogen and oxygen atoms in total. The number of amides is 1. The van der Waals surface area contributed by atoms with E-state index in [0.717, 1.165) is 31.2 Å². The van der Waals surface area contributed by atoms with Crippen LogP contribution in [-0.4, -0.2) is 11.9 Å². The Balaban J connectivity index is 1.82. The van der Waals surface area contributed by atoms with Gasteiger partial charge in [-0.25, -0.2) is 0 Å². The summed E-state index contributed by atoms with van der Waals surface area (Å²) in [6.45, 7) is 0.557. The molecule has 2 rings (SSSR count). The Kier molecular flexibility index (Phi) is 4.61. The standard InChI is InChI=1S/C14H19ClN2O/c15-12-6-4-10(5-7-12)9-17-14(18)11-2-1-3-13(16)8-11/h4-7,11,13H,1-3,8-9,16H2,(H,17,18). The van der Waals surface area contributed by atoms with Crippen LogP contribution in [0.1, 0.15) is 31.2 Å². The fraction of sp³-hybridized carbons (Fsp3) is 0.500. The lowest BCUT2D eigenvalue weighted by atomic mass is 9.85. The number of hydrogen-bond acceptors (Lipinski definition) is 2. The molecule has 0 radical (unpaired) electrons. The molecule has 4 heteroatoms. The summed E-state index contributed by atoms with van der Waals surface area (Å²) in [6.07, 6.45) is 3.87. The van der Waals surface area contributed by atoms with Crippen molar-refractivity contribution < 1.29 is 4.79 Å². The molecule has 0 bridgehead atoms. The van der Waals surface area contributed by atoms with Crippen molar-refractivity contribution in [2.75, 3.05) is 0 Å². The largest absolute Gasteiger partial charge is 0.352 e. The van der Waals surface area contributed by atoms with E-state index in [0.29, 0.717) is 11.6 Å². The Morgan fingerprint density at radius 2 is 2.06 bits per heavy atom. The van der Waals surface area contributed by atoms with Gasteiger partial charge in [0.2, 0.25) is 5.91 Å². The van der Waals surface area contributed by atoms with E-state index in [4.69, 9.17) is 17.3 Å². The average molecular weight is 267 g/mol. The summed E-state index contributed by atoms with van der Waals surface area (Å²) < 4.78 is 0. The second kappa shape index (κ2) is 6.21. The van der Waals surface area contributed by atoms with Gasteiger partial charge in [-0.2, -0.15) is 0 Å². The van der Waals surface area contributed by atoms with Crippen molar-refractivity contribution in [3.05, 3.63) is 34.9 Å². The van der Waals surface area contributed by atoms with Gasteiger partial charge in [0, 0.05) is 23.5 Å². The maximum Gasteiger partial charge on any atom is 0.223 e. The highest BCUT2D eigenvalue weighted by Crippen LogP contribution is 2.23. The molecule has 1 amide bonds. The molecule has 1 aliphatic carbocycles. The molecule has 0 aliphatic heterocycles. The van der Waals surface area contributed by atoms with Gasteiger partial charge in [-0.3, -0.25) is 4.79 Å². The third kappa shape index (κ3) is 3.72. The predicted octanol–water partition coefficient (Wildman–Crippen LogP) is 2.47. The highest BCUT2D eigenvalue weighted by atomic mass is 35.5. The summed E-state index contributed by atoms with van der Waals surface area (Å²) >= 11 is 5.81. The average Bonchev–Trinajstić information content (AvgIpc) is 2.38. The van der Waals surface area contributed by atoms with Crippen LogP contribution in [-0.2, 0) is 11.3 Å². The third-order valence-electron chi connectivity index (χ3n) is 3.47. The number of nitrogens with two attached hydrogens (primary N) is 1. The van der Waals surface area contributed by atoms with Crippen molar-refractivity contribution in [1.82, 2.24) is 5.32 Å². The van der Waals surface area contributed by atoms with E-state index < -0.39 is 0 Å². The molecule has 3 N–H and O–H groups in total. The third-order valence-corrected chi connectivity index (χ3v) is 3.72. The van der Waals surface area contributed by atoms with E-state index in [-0.39, 0.29) is 17.9 Å². The molecular formula is C14H19ClN2O. The topological polar surface area (TPSA) is 55.1 Å². The molecule has 0 aromatic heterocycles. The van der Waals surface area contributed by atoms with Gasteiger partial charge in [0.05, 0.1) is 0 Å². The van der Waals surface area contributed by atoms with E-state index in [1.165, 1.54) is 0 Å². The first-order valence-corrected chi connectivity index (χ1v) is 6.80. The van der Waals surface area contributed by atoms with Crippen LogP contribution >= 0.6 is 11.6 Å². The predicted molar refractivity (Wildman–Crippen MR) is 73.2 cm³/mol. The normalized spacial score (nSPS) is 23.7. The zero-order valence-corrected chi connectivity index (χ0v) is 11.1. The molecule has 0 heterocycles. The number of carbonyl (C=O) groups excluding carboxylic acids is 1. The van der Waals surface area contributed by atoms with Gasteiger partial charge >= 0.3 is 0 Å². The maximum atomic E-state index is 12.0. The number of rotatable bonds is 3. The van der Waals surface area contributed by atoms with Gasteiger partial charge < -0.3 is 11.1 Å². The highest BCUT2D eigenvalue weighted by Gasteiger charge is 2.24. The molecule has 2 atom stereocenters. The van der Waals surface area contributed by atoms with Crippen LogP contribution in [0.2, 0.25) is 5.02 Å². The first kappa shape index (κ1) is 13.4. The van der Waals surface area contributed by atoms with Crippen LogP contribution in [0.5, 0.6) is 0 Å². The first-order valence-electron chi connectivity index (χ1n) is 6.43. The van der Waals surface area contributed by atoms with E-state index >= 15 is 0 Å². The lowest BCUT2D eigenvalue weighted by Gasteiger charge is -2.25. The molecule has 1 fully saturated rings. The van der Waals surface area contributed by atoms with Gasteiger partial charge in [0.25, 0.3) is 0 Å². The molecule has 1 aliphatic rings. The molecule has 18 heavy (non-hydrogen) atoms. The van der Waals surface area contributed by atoms with Crippen LogP contribution in [0.15, 0.2) is 24.3 Å². The second-order valence-corrected chi connectivity index (χ2v) is 5.40. The molecule has 0 spiro atoms. The summed E-state index contributed by atoms with van der Waals surface area (Å²) in [7, 11) is 0. The minimum absolute atomic E-state index is 0.0843. The monoisotopic (exact) mass is 266 g/mol. The van der Waals surface area contributed by atoms with Crippen molar-refractivity contribution in [3.8, 4) is 0 Å². The smallest absolute Gasteiger partial charge is 0.223 e. The fourth-order valence-electron chi connectivity index (χ4n) is 2.40. The number of benzene rings is 1. The van der Waals surface area contributed by atoms with Crippen molar-refractivity contribution in [2.45, 2.75) is 38.3 Å². The number of halogens is 1. The molecule has 98 valence electrons. The van der Waals surface area contributed by atoms with Crippen molar-refractivity contribution in [2.24, 2.45) is 11.7 Å². The summed E-state index contributed by atoms with van der Waals surface area (Å²) in [4.78, 5) is 12.0. The summed E-state index contributed by atoms with van der Waals surface area (Å²) in [5, 5.41) is 3.68. The summed E-state index contributed by atoms with van der Waals surface area (Å²) in [5.74, 6) is 0.209. The summed E-state index contributed by atoms with van der Waals surface area (Å²) in [5.41, 5.74) is 6.96. The van der Waals surface area contributed by atoms with E-state index in [1.54, 1.807) is 0 Å². The van der Waals surface area contributed by atoms with E-state index in [1.807, 2.05) is 24.3 Å². The van der Waals surface area contributed by atoms with E-state index in [2.05, 4.69) is 5.32 Å². The molecule has 1 aromatic carbocycles. The number of carbonyl (C=O) groups is 1. The van der Waals surface area contributed by atoms with Crippen LogP contribution in [0.3, 0.4) is 0 Å². The first-order chi connectivity index (χ1) is 8.65. The Bertz CT molecular complexity index is 405. The lowest BCUT2D eigenvalue weighted by Crippen LogP contribution is -2.37. The number of hydrogen-bond donors (Lipinski definition) is 2. The Morgan fingerprint density at radius 1 is 1.33 bits per heavy atom. The van der Waals surface area contributed by atoms with Gasteiger partial charge in [0.1, 0.15) is 0 Å². The minimum Gasteiger partial charge on any atom is -0.352 e. The quantitative estimate of drug-likeness (QED) is 0.883. The number of nitrogens with one attached hydrogen (secondary N) is 1. The zero-order valence-electron chi connectivity index (χ0n) is 10.4. The van der Waals surface area contributed by atoms with Gasteiger partial charge in [0.15, 0.2) is 0 Å². The van der Waals surface area contributed by atoms with Crippen molar-refractivity contribution in [3.63, 3.8) is 0 Å². The SMILES string of the molecule is NC1CCCC(C(=O)NCc2ccc(Cl)cc2)C1. The minimum atomic E-state index is 0.0843. The van der Waals surface area contributed by atoms with Crippen molar-refractivity contribution in [1.29, 1.82) is 0 Å². The lowest BCUT2D eigenvalue weighted by molar-refractivity contribution is -0.126. The van der Waals surface area contributed by atoms with Gasteiger partial charge in [-0.15, -0.1) is 0 Å². The molecule has 1 saturated carbocycles. The Morgan fingerprint density at radius 3 is 2.72 bits per heavy atom. The zero-order chi connectivity index (χ0) is 13.0. The van der Waals surface area contributed by atoms with Gasteiger partial charge in [-0.1, -0.05) is 30.2 Å². The van der Waals surface area contributed by atoms with Crippen LogP contribution in [0.4, 0.5) is 0 Å². The molecule has 1 aromatic rings. The van der Waals surface area contributed by atoms with Crippen LogP contribution < -0.4 is 11.1 Å². The molecule has 0 saturated heterocycles. The van der Waals surface area contributed by atoms with Crippen molar-refractivity contribution >= 4 is 17.5 Å².